The molecule has 0 aromatic heterocycles. The van der Waals surface area contributed by atoms with Crippen molar-refractivity contribution < 1.29 is 0 Å². The van der Waals surface area contributed by atoms with E-state index in [1.165, 1.54) is 25.0 Å². The van der Waals surface area contributed by atoms with E-state index in [1.54, 1.807) is 0 Å². The van der Waals surface area contributed by atoms with Gasteiger partial charge in [0.2, 0.25) is 0 Å². The van der Waals surface area contributed by atoms with E-state index in [0.29, 0.717) is 0 Å². The third kappa shape index (κ3) is 2.40. The summed E-state index contributed by atoms with van der Waals surface area (Å²) in [6.07, 6.45) is 6.44. The first-order chi connectivity index (χ1) is 5.79. The van der Waals surface area contributed by atoms with Gasteiger partial charge in [0.1, 0.15) is 0 Å². The van der Waals surface area contributed by atoms with E-state index in [0.717, 1.165) is 17.9 Å². The minimum atomic E-state index is 0.789. The Morgan fingerprint density at radius 3 is 2.67 bits per heavy atom. The number of rotatable bonds is 4. The fourth-order valence-corrected chi connectivity index (χ4v) is 2.87. The summed E-state index contributed by atoms with van der Waals surface area (Å²) >= 11 is 1.98. The Labute approximate surface area is 80.7 Å². The summed E-state index contributed by atoms with van der Waals surface area (Å²) in [5.41, 5.74) is 0. The molecule has 2 heteroatoms. The minimum absolute atomic E-state index is 0.789. The first-order valence-corrected chi connectivity index (χ1v) is 6.35. The molecule has 1 saturated carbocycles. The number of nitrogens with one attached hydrogen (secondary N) is 1. The number of thioether (sulfide) groups is 1. The molecular formula is C10H21NS. The molecule has 1 N–H and O–H groups in total. The predicted octanol–water partition coefficient (Wildman–Crippen LogP) is 2.37. The zero-order valence-electron chi connectivity index (χ0n) is 8.47. The summed E-state index contributed by atoms with van der Waals surface area (Å²) in [4.78, 5) is 0. The second-order valence-corrected chi connectivity index (χ2v) is 4.86. The van der Waals surface area contributed by atoms with Crippen LogP contribution in [0.2, 0.25) is 0 Å². The van der Waals surface area contributed by atoms with Gasteiger partial charge < -0.3 is 5.32 Å². The largest absolute Gasteiger partial charge is 0.317 e. The fraction of sp³-hybridized carbons (Fsp3) is 1.00. The molecule has 0 heterocycles. The van der Waals surface area contributed by atoms with E-state index in [1.807, 2.05) is 11.8 Å². The van der Waals surface area contributed by atoms with Crippen LogP contribution >= 0.6 is 11.8 Å². The van der Waals surface area contributed by atoms with E-state index in [9.17, 15) is 0 Å². The summed E-state index contributed by atoms with van der Waals surface area (Å²) in [6, 6.07) is 0.789. The maximum Gasteiger partial charge on any atom is 0.00924 e. The smallest absolute Gasteiger partial charge is 0.00924 e. The van der Waals surface area contributed by atoms with Crippen LogP contribution < -0.4 is 5.32 Å². The monoisotopic (exact) mass is 187 g/mol. The summed E-state index contributed by atoms with van der Waals surface area (Å²) in [5, 5.41) is 3.41. The van der Waals surface area contributed by atoms with Gasteiger partial charge in [-0.25, -0.2) is 0 Å². The van der Waals surface area contributed by atoms with Crippen LogP contribution in [0, 0.1) is 11.8 Å². The molecule has 0 amide bonds. The Kier molecular flexibility index (Phi) is 4.44. The van der Waals surface area contributed by atoms with Crippen LogP contribution in [0.25, 0.3) is 0 Å². The number of hydrogen-bond donors (Lipinski definition) is 1. The Morgan fingerprint density at radius 2 is 2.17 bits per heavy atom. The van der Waals surface area contributed by atoms with Crippen molar-refractivity contribution in [3.05, 3.63) is 0 Å². The Bertz CT molecular complexity index is 127. The molecule has 0 saturated heterocycles. The summed E-state index contributed by atoms with van der Waals surface area (Å²) in [5.74, 6) is 3.21. The van der Waals surface area contributed by atoms with Crippen LogP contribution in [0.1, 0.15) is 26.2 Å². The second-order valence-electron chi connectivity index (χ2n) is 3.87. The van der Waals surface area contributed by atoms with Crippen molar-refractivity contribution in [2.24, 2.45) is 11.8 Å². The van der Waals surface area contributed by atoms with Gasteiger partial charge in [0.05, 0.1) is 0 Å². The molecule has 1 aliphatic rings. The van der Waals surface area contributed by atoms with E-state index in [4.69, 9.17) is 0 Å². The molecule has 0 bridgehead atoms. The highest BCUT2D eigenvalue weighted by atomic mass is 32.2. The predicted molar refractivity (Wildman–Crippen MR) is 57.7 cm³/mol. The number of hydrogen-bond acceptors (Lipinski definition) is 2. The maximum absolute atomic E-state index is 3.41. The van der Waals surface area contributed by atoms with Gasteiger partial charge in [-0.15, -0.1) is 0 Å². The van der Waals surface area contributed by atoms with Crippen LogP contribution in [0.5, 0.6) is 0 Å². The molecule has 1 nitrogen and oxygen atoms in total. The molecule has 1 fully saturated rings. The molecule has 3 atom stereocenters. The summed E-state index contributed by atoms with van der Waals surface area (Å²) in [7, 11) is 2.10. The van der Waals surface area contributed by atoms with Crippen molar-refractivity contribution in [1.82, 2.24) is 5.32 Å². The topological polar surface area (TPSA) is 12.0 Å². The van der Waals surface area contributed by atoms with Crippen molar-refractivity contribution in [2.45, 2.75) is 32.2 Å². The van der Waals surface area contributed by atoms with Crippen LogP contribution in [0.15, 0.2) is 0 Å². The van der Waals surface area contributed by atoms with Crippen LogP contribution in [0.3, 0.4) is 0 Å². The first-order valence-electron chi connectivity index (χ1n) is 4.95. The molecule has 0 radical (unpaired) electrons. The summed E-state index contributed by atoms with van der Waals surface area (Å²) < 4.78 is 0. The molecule has 0 aromatic rings. The average Bonchev–Trinajstić information content (AvgIpc) is 2.43. The van der Waals surface area contributed by atoms with Crippen molar-refractivity contribution >= 4 is 11.8 Å². The van der Waals surface area contributed by atoms with Crippen LogP contribution in [-0.4, -0.2) is 25.1 Å². The van der Waals surface area contributed by atoms with Gasteiger partial charge in [-0.3, -0.25) is 0 Å². The molecule has 0 aromatic carbocycles. The molecule has 3 unspecified atom stereocenters. The Morgan fingerprint density at radius 1 is 1.42 bits per heavy atom. The fourth-order valence-electron chi connectivity index (χ4n) is 2.33. The van der Waals surface area contributed by atoms with E-state index >= 15 is 0 Å². The molecule has 72 valence electrons. The lowest BCUT2D eigenvalue weighted by atomic mass is 9.93. The zero-order chi connectivity index (χ0) is 8.97. The average molecular weight is 187 g/mol. The van der Waals surface area contributed by atoms with Gasteiger partial charge >= 0.3 is 0 Å². The third-order valence-corrected chi connectivity index (χ3v) is 3.93. The maximum atomic E-state index is 3.41. The van der Waals surface area contributed by atoms with Gasteiger partial charge in [0, 0.05) is 6.04 Å². The SMILES string of the molecule is CNC1CCC(CCSC)C1C. The highest BCUT2D eigenvalue weighted by Gasteiger charge is 2.30. The van der Waals surface area contributed by atoms with Crippen molar-refractivity contribution in [1.29, 1.82) is 0 Å². The highest BCUT2D eigenvalue weighted by Crippen LogP contribution is 2.34. The Hall–Kier alpha value is 0.310. The quantitative estimate of drug-likeness (QED) is 0.725. The molecule has 1 aliphatic carbocycles. The summed E-state index contributed by atoms with van der Waals surface area (Å²) in [6.45, 7) is 2.40. The van der Waals surface area contributed by atoms with Gasteiger partial charge in [0.25, 0.3) is 0 Å². The zero-order valence-corrected chi connectivity index (χ0v) is 9.29. The van der Waals surface area contributed by atoms with Gasteiger partial charge in [0.15, 0.2) is 0 Å². The van der Waals surface area contributed by atoms with E-state index < -0.39 is 0 Å². The van der Waals surface area contributed by atoms with E-state index in [-0.39, 0.29) is 0 Å². The first kappa shape index (κ1) is 10.4. The minimum Gasteiger partial charge on any atom is -0.317 e. The second kappa shape index (κ2) is 5.13. The molecular weight excluding hydrogens is 166 g/mol. The highest BCUT2D eigenvalue weighted by molar-refractivity contribution is 7.98. The standard InChI is InChI=1S/C10H21NS/c1-8-9(6-7-12-3)4-5-10(8)11-2/h8-11H,4-7H2,1-3H3. The molecule has 0 spiro atoms. The van der Waals surface area contributed by atoms with Gasteiger partial charge in [-0.2, -0.15) is 11.8 Å². The molecule has 1 rings (SSSR count). The van der Waals surface area contributed by atoms with Gasteiger partial charge in [-0.1, -0.05) is 6.92 Å². The molecule has 12 heavy (non-hydrogen) atoms. The third-order valence-electron chi connectivity index (χ3n) is 3.29. The van der Waals surface area contributed by atoms with Crippen molar-refractivity contribution in [2.75, 3.05) is 19.1 Å². The van der Waals surface area contributed by atoms with Crippen LogP contribution in [-0.2, 0) is 0 Å². The van der Waals surface area contributed by atoms with E-state index in [2.05, 4.69) is 25.5 Å². The molecule has 0 aliphatic heterocycles. The lowest BCUT2D eigenvalue weighted by Gasteiger charge is -2.19. The lowest BCUT2D eigenvalue weighted by Crippen LogP contribution is -2.29. The van der Waals surface area contributed by atoms with Crippen molar-refractivity contribution in [3.63, 3.8) is 0 Å². The normalized spacial score (nSPS) is 35.8. The van der Waals surface area contributed by atoms with Gasteiger partial charge in [-0.05, 0) is 50.2 Å². The van der Waals surface area contributed by atoms with Crippen LogP contribution in [0.4, 0.5) is 0 Å². The van der Waals surface area contributed by atoms with Crippen molar-refractivity contribution in [3.8, 4) is 0 Å². The lowest BCUT2D eigenvalue weighted by molar-refractivity contribution is 0.359. The Balaban J connectivity index is 2.28.